The number of ether oxygens (including phenoxy) is 2. The van der Waals surface area contributed by atoms with Crippen LogP contribution < -0.4 is 11.3 Å². The second-order valence-electron chi connectivity index (χ2n) is 4.56. The minimum atomic E-state index is -4.29. The summed E-state index contributed by atoms with van der Waals surface area (Å²) in [7, 11) is -2.86. The molecular weight excluding hydrogens is 317 g/mol. The topological polar surface area (TPSA) is 166 Å². The molecule has 11 nitrogen and oxygen atoms in total. The van der Waals surface area contributed by atoms with E-state index >= 15 is 0 Å². The SMILES string of the molecule is COC[C@H](Cn1cnc2c(=O)[nH]c(N)nc21)OCP(=O)(O)O. The van der Waals surface area contributed by atoms with Crippen molar-refractivity contribution in [2.45, 2.75) is 12.6 Å². The molecule has 12 heteroatoms. The van der Waals surface area contributed by atoms with Gasteiger partial charge in [0.2, 0.25) is 5.95 Å². The van der Waals surface area contributed by atoms with Gasteiger partial charge in [-0.25, -0.2) is 4.98 Å². The molecule has 2 aromatic rings. The Hall–Kier alpha value is -1.78. The highest BCUT2D eigenvalue weighted by atomic mass is 31.2. The van der Waals surface area contributed by atoms with Crippen molar-refractivity contribution in [1.82, 2.24) is 19.5 Å². The Morgan fingerprint density at radius 2 is 2.27 bits per heavy atom. The smallest absolute Gasteiger partial charge is 0.350 e. The lowest BCUT2D eigenvalue weighted by molar-refractivity contribution is 0.00416. The van der Waals surface area contributed by atoms with Crippen LogP contribution in [-0.2, 0) is 20.6 Å². The number of rotatable bonds is 7. The number of imidazole rings is 1. The zero-order chi connectivity index (χ0) is 16.3. The maximum Gasteiger partial charge on any atom is 0.350 e. The number of hydrogen-bond acceptors (Lipinski definition) is 7. The van der Waals surface area contributed by atoms with E-state index in [9.17, 15) is 9.36 Å². The van der Waals surface area contributed by atoms with Crippen molar-refractivity contribution in [1.29, 1.82) is 0 Å². The molecule has 0 radical (unpaired) electrons. The molecule has 5 N–H and O–H groups in total. The molecule has 2 rings (SSSR count). The van der Waals surface area contributed by atoms with E-state index in [0.717, 1.165) is 0 Å². The average molecular weight is 333 g/mol. The van der Waals surface area contributed by atoms with Gasteiger partial charge < -0.3 is 29.6 Å². The first-order valence-corrected chi connectivity index (χ1v) is 7.95. The molecule has 0 spiro atoms. The summed E-state index contributed by atoms with van der Waals surface area (Å²) in [5.74, 6) is -0.0568. The molecule has 0 saturated heterocycles. The summed E-state index contributed by atoms with van der Waals surface area (Å²) < 4.78 is 22.5. The monoisotopic (exact) mass is 333 g/mol. The maximum atomic E-state index is 11.7. The Morgan fingerprint density at radius 1 is 1.55 bits per heavy atom. The molecule has 0 fully saturated rings. The molecule has 0 saturated carbocycles. The molecule has 0 amide bonds. The number of fused-ring (bicyclic) bond motifs is 1. The fourth-order valence-corrected chi connectivity index (χ4v) is 2.27. The number of anilines is 1. The van der Waals surface area contributed by atoms with Gasteiger partial charge in [0.05, 0.1) is 25.6 Å². The third-order valence-corrected chi connectivity index (χ3v) is 3.21. The molecule has 0 aliphatic heterocycles. The zero-order valence-electron chi connectivity index (χ0n) is 11.7. The summed E-state index contributed by atoms with van der Waals surface area (Å²) in [6, 6.07) is 0. The molecule has 0 aromatic carbocycles. The molecule has 0 aliphatic carbocycles. The maximum absolute atomic E-state index is 11.7. The first-order valence-electron chi connectivity index (χ1n) is 6.16. The lowest BCUT2D eigenvalue weighted by Crippen LogP contribution is -2.26. The first kappa shape index (κ1) is 16.6. The van der Waals surface area contributed by atoms with Gasteiger partial charge in [-0.2, -0.15) is 4.98 Å². The summed E-state index contributed by atoms with van der Waals surface area (Å²) in [5.41, 5.74) is 5.38. The molecule has 22 heavy (non-hydrogen) atoms. The van der Waals surface area contributed by atoms with E-state index in [1.54, 1.807) is 0 Å². The Balaban J connectivity index is 2.23. The number of methoxy groups -OCH3 is 1. The number of nitrogens with zero attached hydrogens (tertiary/aromatic N) is 3. The van der Waals surface area contributed by atoms with Crippen LogP contribution in [0.3, 0.4) is 0 Å². The number of aromatic nitrogens is 4. The minimum absolute atomic E-state index is 0.0568. The van der Waals surface area contributed by atoms with Crippen molar-refractivity contribution in [3.8, 4) is 0 Å². The second kappa shape index (κ2) is 6.55. The van der Waals surface area contributed by atoms with Gasteiger partial charge >= 0.3 is 7.60 Å². The predicted molar refractivity (Wildman–Crippen MR) is 76.2 cm³/mol. The number of aromatic amines is 1. The normalized spacial score (nSPS) is 13.6. The Kier molecular flexibility index (Phi) is 4.94. The van der Waals surface area contributed by atoms with Crippen LogP contribution in [0.1, 0.15) is 0 Å². The summed E-state index contributed by atoms with van der Waals surface area (Å²) in [6.07, 6.45) is -0.0167. The molecule has 2 heterocycles. The molecule has 0 aliphatic rings. The van der Waals surface area contributed by atoms with Crippen LogP contribution in [0.25, 0.3) is 11.2 Å². The standard InChI is InChI=1S/C10H16N5O6P/c1-20-3-6(21-5-22(17,18)19)2-15-4-12-7-8(15)13-10(11)14-9(7)16/h4,6H,2-3,5H2,1H3,(H2,17,18,19)(H3,11,13,14,16)/t6-/m0/s1. The molecule has 0 unspecified atom stereocenters. The third kappa shape index (κ3) is 4.12. The van der Waals surface area contributed by atoms with Crippen molar-refractivity contribution in [3.63, 3.8) is 0 Å². The van der Waals surface area contributed by atoms with Gasteiger partial charge in [-0.1, -0.05) is 0 Å². The van der Waals surface area contributed by atoms with E-state index in [2.05, 4.69) is 15.0 Å². The van der Waals surface area contributed by atoms with Crippen LogP contribution in [0.5, 0.6) is 0 Å². The van der Waals surface area contributed by atoms with E-state index in [1.165, 1.54) is 18.0 Å². The number of H-pyrrole nitrogens is 1. The van der Waals surface area contributed by atoms with Crippen LogP contribution in [0.15, 0.2) is 11.1 Å². The average Bonchev–Trinajstić information content (AvgIpc) is 2.79. The fourth-order valence-electron chi connectivity index (χ4n) is 1.87. The summed E-state index contributed by atoms with van der Waals surface area (Å²) in [5, 5.41) is 0. The van der Waals surface area contributed by atoms with Crippen molar-refractivity contribution in [3.05, 3.63) is 16.7 Å². The molecule has 1 atom stereocenters. The number of nitrogens with one attached hydrogen (secondary N) is 1. The van der Waals surface area contributed by atoms with E-state index in [-0.39, 0.29) is 30.3 Å². The number of hydrogen-bond donors (Lipinski definition) is 4. The van der Waals surface area contributed by atoms with E-state index < -0.39 is 25.6 Å². The van der Waals surface area contributed by atoms with Gasteiger partial charge in [-0.15, -0.1) is 0 Å². The van der Waals surface area contributed by atoms with Gasteiger partial charge in [-0.3, -0.25) is 14.3 Å². The highest BCUT2D eigenvalue weighted by molar-refractivity contribution is 7.51. The summed E-state index contributed by atoms with van der Waals surface area (Å²) >= 11 is 0. The summed E-state index contributed by atoms with van der Waals surface area (Å²) in [6.45, 7) is 0.235. The fraction of sp³-hybridized carbons (Fsp3) is 0.500. The van der Waals surface area contributed by atoms with Gasteiger partial charge in [0.1, 0.15) is 6.35 Å². The van der Waals surface area contributed by atoms with E-state index in [0.29, 0.717) is 0 Å². The van der Waals surface area contributed by atoms with E-state index in [4.69, 9.17) is 25.0 Å². The van der Waals surface area contributed by atoms with Crippen molar-refractivity contribution >= 4 is 24.7 Å². The first-order chi connectivity index (χ1) is 10.3. The quantitative estimate of drug-likeness (QED) is 0.458. The largest absolute Gasteiger partial charge is 0.382 e. The molecule has 122 valence electrons. The minimum Gasteiger partial charge on any atom is -0.382 e. The number of nitrogens with two attached hydrogens (primary N) is 1. The van der Waals surface area contributed by atoms with Crippen molar-refractivity contribution < 1.29 is 23.8 Å². The highest BCUT2D eigenvalue weighted by Gasteiger charge is 2.20. The zero-order valence-corrected chi connectivity index (χ0v) is 12.6. The van der Waals surface area contributed by atoms with Crippen LogP contribution in [0.4, 0.5) is 5.95 Å². The lowest BCUT2D eigenvalue weighted by Gasteiger charge is -2.18. The Morgan fingerprint density at radius 3 is 2.91 bits per heavy atom. The summed E-state index contributed by atoms with van der Waals surface area (Å²) in [4.78, 5) is 39.6. The van der Waals surface area contributed by atoms with Gasteiger partial charge in [0.15, 0.2) is 11.2 Å². The van der Waals surface area contributed by atoms with Crippen molar-refractivity contribution in [2.24, 2.45) is 0 Å². The van der Waals surface area contributed by atoms with Crippen LogP contribution >= 0.6 is 7.60 Å². The molecule has 2 aromatic heterocycles. The van der Waals surface area contributed by atoms with Crippen LogP contribution in [0.2, 0.25) is 0 Å². The Labute approximate surface area is 124 Å². The highest BCUT2D eigenvalue weighted by Crippen LogP contribution is 2.34. The molecule has 0 bridgehead atoms. The van der Waals surface area contributed by atoms with Crippen LogP contribution in [0, 0.1) is 0 Å². The van der Waals surface area contributed by atoms with Crippen molar-refractivity contribution in [2.75, 3.05) is 25.8 Å². The van der Waals surface area contributed by atoms with Crippen LogP contribution in [-0.4, -0.2) is 55.5 Å². The lowest BCUT2D eigenvalue weighted by atomic mass is 10.3. The second-order valence-corrected chi connectivity index (χ2v) is 6.15. The predicted octanol–water partition coefficient (Wildman–Crippen LogP) is -1.13. The van der Waals surface area contributed by atoms with Gasteiger partial charge in [-0.05, 0) is 0 Å². The molecular formula is C10H16N5O6P. The third-order valence-electron chi connectivity index (χ3n) is 2.72. The number of nitrogen functional groups attached to an aromatic ring is 1. The Bertz CT molecular complexity index is 752. The van der Waals surface area contributed by atoms with Gasteiger partial charge in [0, 0.05) is 7.11 Å². The van der Waals surface area contributed by atoms with E-state index in [1.807, 2.05) is 0 Å². The van der Waals surface area contributed by atoms with Gasteiger partial charge in [0.25, 0.3) is 5.56 Å².